The quantitative estimate of drug-likeness (QED) is 0.273. The van der Waals surface area contributed by atoms with Gasteiger partial charge >= 0.3 is 0 Å². The zero-order valence-corrected chi connectivity index (χ0v) is 15.3. The third kappa shape index (κ3) is 12.0. The second kappa shape index (κ2) is 14.0. The molecule has 0 rings (SSSR count). The Labute approximate surface area is 137 Å². The summed E-state index contributed by atoms with van der Waals surface area (Å²) in [6.07, 6.45) is 10.0. The van der Waals surface area contributed by atoms with Crippen LogP contribution in [0.5, 0.6) is 0 Å². The van der Waals surface area contributed by atoms with Crippen molar-refractivity contribution >= 4 is 5.91 Å². The molecule has 0 aliphatic heterocycles. The van der Waals surface area contributed by atoms with E-state index in [9.17, 15) is 4.79 Å². The van der Waals surface area contributed by atoms with Gasteiger partial charge in [-0.1, -0.05) is 73.1 Å². The lowest BCUT2D eigenvalue weighted by Gasteiger charge is -2.18. The summed E-state index contributed by atoms with van der Waals surface area (Å²) < 4.78 is 0. The molecule has 1 unspecified atom stereocenters. The molecule has 4 heteroatoms. The summed E-state index contributed by atoms with van der Waals surface area (Å²) in [5.74, 6) is 0.342. The largest absolute Gasteiger partial charge is 0.272 e. The number of unbranched alkanes of at least 4 members (excludes halogenated alkanes) is 4. The van der Waals surface area contributed by atoms with Gasteiger partial charge in [0.15, 0.2) is 0 Å². The number of hydrogen-bond acceptors (Lipinski definition) is 3. The maximum atomic E-state index is 11.9. The van der Waals surface area contributed by atoms with E-state index in [2.05, 4.69) is 33.2 Å². The van der Waals surface area contributed by atoms with Gasteiger partial charge in [0.05, 0.1) is 6.10 Å². The van der Waals surface area contributed by atoms with Gasteiger partial charge in [-0.05, 0) is 25.2 Å². The van der Waals surface area contributed by atoms with E-state index in [1.807, 2.05) is 6.92 Å². The van der Waals surface area contributed by atoms with Crippen molar-refractivity contribution in [3.8, 4) is 0 Å². The number of carbonyl (C=O) groups is 1. The molecule has 0 saturated carbocycles. The number of amides is 1. The van der Waals surface area contributed by atoms with Crippen LogP contribution >= 0.6 is 0 Å². The van der Waals surface area contributed by atoms with Crippen LogP contribution in [0, 0.1) is 11.8 Å². The Balaban J connectivity index is 4.00. The molecule has 0 aromatic rings. The SMILES string of the molecule is CCCCCC(CCCCC)OONC(=O)C(C)CC(C)C. The lowest BCUT2D eigenvalue weighted by Crippen LogP contribution is -2.32. The van der Waals surface area contributed by atoms with Gasteiger partial charge in [0.2, 0.25) is 5.91 Å². The summed E-state index contributed by atoms with van der Waals surface area (Å²) in [6.45, 7) is 10.5. The summed E-state index contributed by atoms with van der Waals surface area (Å²) in [5, 5.41) is 0. The van der Waals surface area contributed by atoms with Crippen molar-refractivity contribution in [1.29, 1.82) is 0 Å². The van der Waals surface area contributed by atoms with Gasteiger partial charge < -0.3 is 0 Å². The highest BCUT2D eigenvalue weighted by atomic mass is 17.3. The molecule has 0 aliphatic carbocycles. The van der Waals surface area contributed by atoms with Crippen LogP contribution in [0.2, 0.25) is 0 Å². The van der Waals surface area contributed by atoms with Crippen molar-refractivity contribution in [2.45, 2.75) is 98.5 Å². The lowest BCUT2D eigenvalue weighted by molar-refractivity contribution is -0.357. The van der Waals surface area contributed by atoms with Crippen molar-refractivity contribution < 1.29 is 14.7 Å². The van der Waals surface area contributed by atoms with Gasteiger partial charge in [0.1, 0.15) is 0 Å². The number of hydroxylamine groups is 1. The zero-order valence-electron chi connectivity index (χ0n) is 15.3. The summed E-state index contributed by atoms with van der Waals surface area (Å²) >= 11 is 0. The Hall–Kier alpha value is -0.610. The minimum absolute atomic E-state index is 0.0535. The van der Waals surface area contributed by atoms with E-state index >= 15 is 0 Å². The maximum Gasteiger partial charge on any atom is 0.248 e. The van der Waals surface area contributed by atoms with Crippen molar-refractivity contribution in [1.82, 2.24) is 5.48 Å². The fourth-order valence-corrected chi connectivity index (χ4v) is 2.53. The average Bonchev–Trinajstić information content (AvgIpc) is 2.46. The Morgan fingerprint density at radius 3 is 1.95 bits per heavy atom. The van der Waals surface area contributed by atoms with Crippen molar-refractivity contribution in [3.05, 3.63) is 0 Å². The van der Waals surface area contributed by atoms with Crippen molar-refractivity contribution in [2.75, 3.05) is 0 Å². The first-order valence-corrected chi connectivity index (χ1v) is 9.13. The van der Waals surface area contributed by atoms with Crippen LogP contribution in [0.4, 0.5) is 0 Å². The van der Waals surface area contributed by atoms with Gasteiger partial charge in [0, 0.05) is 5.92 Å². The molecule has 0 saturated heterocycles. The standard InChI is InChI=1S/C18H37NO3/c1-6-8-10-12-17(13-11-9-7-2)21-22-19-18(20)16(5)14-15(3)4/h15-17H,6-14H2,1-5H3,(H,19,20). The predicted molar refractivity (Wildman–Crippen MR) is 91.0 cm³/mol. The van der Waals surface area contributed by atoms with Crippen LogP contribution in [0.15, 0.2) is 0 Å². The van der Waals surface area contributed by atoms with Crippen LogP contribution < -0.4 is 5.48 Å². The van der Waals surface area contributed by atoms with Crippen LogP contribution in [0.3, 0.4) is 0 Å². The molecule has 0 radical (unpaired) electrons. The molecular formula is C18H37NO3. The molecule has 0 fully saturated rings. The van der Waals surface area contributed by atoms with Gasteiger partial charge in [-0.25, -0.2) is 10.4 Å². The molecule has 0 aliphatic rings. The molecule has 0 bridgehead atoms. The van der Waals surface area contributed by atoms with Crippen LogP contribution in [0.25, 0.3) is 0 Å². The molecule has 1 amide bonds. The van der Waals surface area contributed by atoms with Gasteiger partial charge in [0.25, 0.3) is 0 Å². The summed E-state index contributed by atoms with van der Waals surface area (Å²) in [4.78, 5) is 22.3. The second-order valence-electron chi connectivity index (χ2n) is 6.79. The highest BCUT2D eigenvalue weighted by Crippen LogP contribution is 2.15. The Morgan fingerprint density at radius 2 is 1.50 bits per heavy atom. The molecular weight excluding hydrogens is 278 g/mol. The molecule has 1 atom stereocenters. The van der Waals surface area contributed by atoms with E-state index in [0.717, 1.165) is 32.1 Å². The van der Waals surface area contributed by atoms with Crippen LogP contribution in [-0.4, -0.2) is 12.0 Å². The smallest absolute Gasteiger partial charge is 0.248 e. The normalized spacial score (nSPS) is 12.9. The van der Waals surface area contributed by atoms with E-state index < -0.39 is 0 Å². The maximum absolute atomic E-state index is 11.9. The first kappa shape index (κ1) is 21.4. The molecule has 0 aromatic carbocycles. The first-order valence-electron chi connectivity index (χ1n) is 9.13. The average molecular weight is 315 g/mol. The third-order valence-corrected chi connectivity index (χ3v) is 3.86. The number of hydrogen-bond donors (Lipinski definition) is 1. The minimum atomic E-state index is -0.102. The van der Waals surface area contributed by atoms with E-state index in [1.165, 1.54) is 25.7 Å². The molecule has 0 aromatic heterocycles. The topological polar surface area (TPSA) is 47.6 Å². The summed E-state index contributed by atoms with van der Waals surface area (Å²) in [7, 11) is 0. The molecule has 4 nitrogen and oxygen atoms in total. The highest BCUT2D eigenvalue weighted by Gasteiger charge is 2.16. The van der Waals surface area contributed by atoms with Crippen LogP contribution in [0.1, 0.15) is 92.4 Å². The molecule has 22 heavy (non-hydrogen) atoms. The van der Waals surface area contributed by atoms with E-state index in [0.29, 0.717) is 5.92 Å². The molecule has 0 spiro atoms. The fourth-order valence-electron chi connectivity index (χ4n) is 2.53. The summed E-state index contributed by atoms with van der Waals surface area (Å²) in [6, 6.07) is 0. The number of rotatable bonds is 14. The Morgan fingerprint density at radius 1 is 0.955 bits per heavy atom. The van der Waals surface area contributed by atoms with E-state index in [4.69, 9.17) is 9.88 Å². The zero-order chi connectivity index (χ0) is 16.8. The fraction of sp³-hybridized carbons (Fsp3) is 0.944. The van der Waals surface area contributed by atoms with Gasteiger partial charge in [-0.3, -0.25) is 4.79 Å². The third-order valence-electron chi connectivity index (χ3n) is 3.86. The van der Waals surface area contributed by atoms with E-state index in [1.54, 1.807) is 0 Å². The first-order chi connectivity index (χ1) is 10.5. The van der Waals surface area contributed by atoms with Crippen molar-refractivity contribution in [2.24, 2.45) is 11.8 Å². The molecule has 1 N–H and O–H groups in total. The summed E-state index contributed by atoms with van der Waals surface area (Å²) in [5.41, 5.74) is 2.44. The van der Waals surface area contributed by atoms with Crippen molar-refractivity contribution in [3.63, 3.8) is 0 Å². The van der Waals surface area contributed by atoms with Crippen LogP contribution in [-0.2, 0) is 14.7 Å². The number of nitrogens with one attached hydrogen (secondary N) is 1. The monoisotopic (exact) mass is 315 g/mol. The molecule has 132 valence electrons. The lowest BCUT2D eigenvalue weighted by atomic mass is 9.99. The molecule has 0 heterocycles. The Kier molecular flexibility index (Phi) is 13.6. The van der Waals surface area contributed by atoms with E-state index in [-0.39, 0.29) is 17.9 Å². The minimum Gasteiger partial charge on any atom is -0.272 e. The predicted octanol–water partition coefficient (Wildman–Crippen LogP) is 5.18. The Bertz CT molecular complexity index is 259. The second-order valence-corrected chi connectivity index (χ2v) is 6.79. The highest BCUT2D eigenvalue weighted by molar-refractivity contribution is 5.77. The van der Waals surface area contributed by atoms with Gasteiger partial charge in [-0.2, -0.15) is 0 Å². The number of carbonyl (C=O) groups excluding carboxylic acids is 1. The van der Waals surface area contributed by atoms with Gasteiger partial charge in [-0.15, -0.1) is 4.99 Å².